The lowest BCUT2D eigenvalue weighted by molar-refractivity contribution is 0.0722. The Morgan fingerprint density at radius 3 is 2.63 bits per heavy atom. The highest BCUT2D eigenvalue weighted by molar-refractivity contribution is 5.92. The SMILES string of the molecule is CCNc1cncc(C(=O)N(C)C(C)CC(C)C)n1. The monoisotopic (exact) mass is 264 g/mol. The minimum atomic E-state index is -0.0830. The van der Waals surface area contributed by atoms with E-state index in [1.54, 1.807) is 11.1 Å². The van der Waals surface area contributed by atoms with Gasteiger partial charge in [-0.1, -0.05) is 13.8 Å². The third kappa shape index (κ3) is 4.50. The molecule has 0 aliphatic carbocycles. The van der Waals surface area contributed by atoms with Gasteiger partial charge in [-0.05, 0) is 26.2 Å². The van der Waals surface area contributed by atoms with Crippen LogP contribution in [0.5, 0.6) is 0 Å². The second-order valence-electron chi connectivity index (χ2n) is 5.21. The summed E-state index contributed by atoms with van der Waals surface area (Å²) in [7, 11) is 1.82. The minimum absolute atomic E-state index is 0.0830. The lowest BCUT2D eigenvalue weighted by Crippen LogP contribution is -2.36. The summed E-state index contributed by atoms with van der Waals surface area (Å²) in [4.78, 5) is 22.4. The van der Waals surface area contributed by atoms with E-state index in [-0.39, 0.29) is 11.9 Å². The molecule has 1 amide bonds. The maximum Gasteiger partial charge on any atom is 0.274 e. The largest absolute Gasteiger partial charge is 0.369 e. The molecule has 1 aromatic rings. The summed E-state index contributed by atoms with van der Waals surface area (Å²) in [5.74, 6) is 1.11. The summed E-state index contributed by atoms with van der Waals surface area (Å²) >= 11 is 0. The second kappa shape index (κ2) is 7.07. The third-order valence-electron chi connectivity index (χ3n) is 3.01. The lowest BCUT2D eigenvalue weighted by atomic mass is 10.0. The van der Waals surface area contributed by atoms with Gasteiger partial charge in [0.25, 0.3) is 5.91 Å². The number of nitrogens with zero attached hydrogens (tertiary/aromatic N) is 3. The van der Waals surface area contributed by atoms with Crippen LogP contribution in [-0.4, -0.2) is 40.4 Å². The zero-order valence-electron chi connectivity index (χ0n) is 12.5. The summed E-state index contributed by atoms with van der Waals surface area (Å²) in [6.07, 6.45) is 4.11. The van der Waals surface area contributed by atoms with Crippen LogP contribution < -0.4 is 5.32 Å². The number of rotatable bonds is 6. The van der Waals surface area contributed by atoms with Crippen molar-refractivity contribution in [1.82, 2.24) is 14.9 Å². The van der Waals surface area contributed by atoms with Crippen LogP contribution in [0.1, 0.15) is 44.6 Å². The quantitative estimate of drug-likeness (QED) is 0.857. The van der Waals surface area contributed by atoms with Crippen molar-refractivity contribution in [3.63, 3.8) is 0 Å². The van der Waals surface area contributed by atoms with Crippen LogP contribution in [0.3, 0.4) is 0 Å². The Morgan fingerprint density at radius 1 is 1.37 bits per heavy atom. The molecule has 19 heavy (non-hydrogen) atoms. The van der Waals surface area contributed by atoms with Crippen LogP contribution in [0, 0.1) is 5.92 Å². The molecule has 1 rings (SSSR count). The van der Waals surface area contributed by atoms with Gasteiger partial charge in [0.2, 0.25) is 0 Å². The third-order valence-corrected chi connectivity index (χ3v) is 3.01. The van der Waals surface area contributed by atoms with E-state index in [9.17, 15) is 4.79 Å². The first-order valence-electron chi connectivity index (χ1n) is 6.78. The molecule has 0 aliphatic heterocycles. The van der Waals surface area contributed by atoms with Crippen molar-refractivity contribution >= 4 is 11.7 Å². The van der Waals surface area contributed by atoms with Crippen molar-refractivity contribution in [1.29, 1.82) is 0 Å². The van der Waals surface area contributed by atoms with E-state index < -0.39 is 0 Å². The molecule has 0 saturated heterocycles. The molecule has 0 aromatic carbocycles. The number of hydrogen-bond donors (Lipinski definition) is 1. The van der Waals surface area contributed by atoms with Crippen LogP contribution in [0.15, 0.2) is 12.4 Å². The van der Waals surface area contributed by atoms with Crippen molar-refractivity contribution in [2.45, 2.75) is 40.2 Å². The lowest BCUT2D eigenvalue weighted by Gasteiger charge is -2.26. The standard InChI is InChI=1S/C14H24N4O/c1-6-16-13-9-15-8-12(17-13)14(19)18(5)11(4)7-10(2)3/h8-11H,6-7H2,1-5H3,(H,16,17). The Labute approximate surface area is 115 Å². The molecule has 1 N–H and O–H groups in total. The molecule has 0 bridgehead atoms. The number of carbonyl (C=O) groups excluding carboxylic acids is 1. The molecule has 0 aliphatic rings. The topological polar surface area (TPSA) is 58.1 Å². The fraction of sp³-hybridized carbons (Fsp3) is 0.643. The molecule has 1 unspecified atom stereocenters. The fourth-order valence-corrected chi connectivity index (χ4v) is 1.96. The second-order valence-corrected chi connectivity index (χ2v) is 5.21. The molecule has 5 nitrogen and oxygen atoms in total. The zero-order valence-corrected chi connectivity index (χ0v) is 12.5. The van der Waals surface area contributed by atoms with Gasteiger partial charge in [-0.15, -0.1) is 0 Å². The molecule has 1 atom stereocenters. The Bertz CT molecular complexity index is 420. The highest BCUT2D eigenvalue weighted by Gasteiger charge is 2.19. The average Bonchev–Trinajstić information content (AvgIpc) is 2.37. The summed E-state index contributed by atoms with van der Waals surface area (Å²) in [6, 6.07) is 0.192. The predicted molar refractivity (Wildman–Crippen MR) is 77.2 cm³/mol. The minimum Gasteiger partial charge on any atom is -0.369 e. The smallest absolute Gasteiger partial charge is 0.274 e. The van der Waals surface area contributed by atoms with Crippen LogP contribution in [0.25, 0.3) is 0 Å². The van der Waals surface area contributed by atoms with Gasteiger partial charge in [0.05, 0.1) is 12.4 Å². The van der Waals surface area contributed by atoms with E-state index >= 15 is 0 Å². The van der Waals surface area contributed by atoms with Crippen LogP contribution in [0.4, 0.5) is 5.82 Å². The van der Waals surface area contributed by atoms with Crippen molar-refractivity contribution in [2.75, 3.05) is 18.9 Å². The number of anilines is 1. The van der Waals surface area contributed by atoms with Gasteiger partial charge in [0.1, 0.15) is 11.5 Å². The number of aromatic nitrogens is 2. The molecule has 5 heteroatoms. The average molecular weight is 264 g/mol. The maximum absolute atomic E-state index is 12.3. The Hall–Kier alpha value is -1.65. The number of carbonyl (C=O) groups is 1. The van der Waals surface area contributed by atoms with Gasteiger partial charge < -0.3 is 10.2 Å². The molecule has 0 radical (unpaired) electrons. The highest BCUT2D eigenvalue weighted by atomic mass is 16.2. The van der Waals surface area contributed by atoms with Crippen molar-refractivity contribution in [2.24, 2.45) is 5.92 Å². The van der Waals surface area contributed by atoms with E-state index in [0.717, 1.165) is 13.0 Å². The van der Waals surface area contributed by atoms with E-state index in [1.807, 2.05) is 14.0 Å². The molecular weight excluding hydrogens is 240 g/mol. The van der Waals surface area contributed by atoms with Crippen LogP contribution in [-0.2, 0) is 0 Å². The van der Waals surface area contributed by atoms with Gasteiger partial charge >= 0.3 is 0 Å². The van der Waals surface area contributed by atoms with E-state index in [2.05, 4.69) is 36.1 Å². The molecule has 0 fully saturated rings. The van der Waals surface area contributed by atoms with E-state index in [4.69, 9.17) is 0 Å². The first kappa shape index (κ1) is 15.4. The predicted octanol–water partition coefficient (Wildman–Crippen LogP) is 2.42. The summed E-state index contributed by atoms with van der Waals surface area (Å²) in [5.41, 5.74) is 0.386. The van der Waals surface area contributed by atoms with E-state index in [1.165, 1.54) is 6.20 Å². The Kier molecular flexibility index (Phi) is 5.73. The van der Waals surface area contributed by atoms with Gasteiger partial charge in [-0.3, -0.25) is 9.78 Å². The van der Waals surface area contributed by atoms with Crippen LogP contribution >= 0.6 is 0 Å². The molecule has 0 spiro atoms. The van der Waals surface area contributed by atoms with Gasteiger partial charge in [0, 0.05) is 19.6 Å². The first-order valence-corrected chi connectivity index (χ1v) is 6.78. The number of nitrogens with one attached hydrogen (secondary N) is 1. The Balaban J connectivity index is 2.78. The first-order chi connectivity index (χ1) is 8.95. The Morgan fingerprint density at radius 2 is 2.05 bits per heavy atom. The normalized spacial score (nSPS) is 12.3. The fourth-order valence-electron chi connectivity index (χ4n) is 1.96. The van der Waals surface area contributed by atoms with Crippen molar-refractivity contribution < 1.29 is 4.79 Å². The van der Waals surface area contributed by atoms with Crippen LogP contribution in [0.2, 0.25) is 0 Å². The summed E-state index contributed by atoms with van der Waals surface area (Å²) in [5, 5.41) is 3.06. The van der Waals surface area contributed by atoms with Crippen molar-refractivity contribution in [3.05, 3.63) is 18.1 Å². The molecular formula is C14H24N4O. The van der Waals surface area contributed by atoms with Gasteiger partial charge in [0.15, 0.2) is 0 Å². The van der Waals surface area contributed by atoms with E-state index in [0.29, 0.717) is 17.4 Å². The maximum atomic E-state index is 12.3. The molecule has 1 heterocycles. The summed E-state index contributed by atoms with van der Waals surface area (Å²) in [6.45, 7) is 9.10. The van der Waals surface area contributed by atoms with Gasteiger partial charge in [-0.2, -0.15) is 0 Å². The molecule has 0 saturated carbocycles. The van der Waals surface area contributed by atoms with Gasteiger partial charge in [-0.25, -0.2) is 4.98 Å². The molecule has 106 valence electrons. The van der Waals surface area contributed by atoms with Crippen molar-refractivity contribution in [3.8, 4) is 0 Å². The zero-order chi connectivity index (χ0) is 14.4. The highest BCUT2D eigenvalue weighted by Crippen LogP contribution is 2.12. The molecule has 1 aromatic heterocycles. The number of amides is 1. The number of hydrogen-bond acceptors (Lipinski definition) is 4. The summed E-state index contributed by atoms with van der Waals surface area (Å²) < 4.78 is 0.